The number of rotatable bonds is 0. The summed E-state index contributed by atoms with van der Waals surface area (Å²) >= 11 is 3.20. The van der Waals surface area contributed by atoms with Gasteiger partial charge in [-0.2, -0.15) is 0 Å². The SMILES string of the molecule is CC(C)(C)OC(=O)N1CCC(C#Cc2c(N)cc(Br)cc2F)CC1. The van der Waals surface area contributed by atoms with Crippen LogP contribution in [0.2, 0.25) is 0 Å². The molecule has 0 saturated carbocycles. The zero-order valence-corrected chi connectivity index (χ0v) is 15.7. The van der Waals surface area contributed by atoms with E-state index in [0.29, 0.717) is 23.2 Å². The molecule has 0 radical (unpaired) electrons. The average molecular weight is 397 g/mol. The van der Waals surface area contributed by atoms with Crippen LogP contribution in [0, 0.1) is 23.6 Å². The minimum atomic E-state index is -0.496. The van der Waals surface area contributed by atoms with Gasteiger partial charge in [0.1, 0.15) is 11.4 Å². The summed E-state index contributed by atoms with van der Waals surface area (Å²) in [7, 11) is 0. The molecule has 1 aromatic carbocycles. The summed E-state index contributed by atoms with van der Waals surface area (Å²) in [4.78, 5) is 13.7. The zero-order chi connectivity index (χ0) is 17.9. The minimum absolute atomic E-state index is 0.117. The van der Waals surface area contributed by atoms with Crippen LogP contribution in [-0.4, -0.2) is 29.7 Å². The first kappa shape index (κ1) is 18.6. The number of halogens is 2. The molecule has 0 bridgehead atoms. The lowest BCUT2D eigenvalue weighted by Crippen LogP contribution is -2.41. The Labute approximate surface area is 150 Å². The summed E-state index contributed by atoms with van der Waals surface area (Å²) in [5.41, 5.74) is 5.87. The minimum Gasteiger partial charge on any atom is -0.444 e. The van der Waals surface area contributed by atoms with E-state index in [0.717, 1.165) is 12.8 Å². The second-order valence-corrected chi connectivity index (χ2v) is 7.78. The highest BCUT2D eigenvalue weighted by Crippen LogP contribution is 2.23. The van der Waals surface area contributed by atoms with E-state index in [-0.39, 0.29) is 17.6 Å². The monoisotopic (exact) mass is 396 g/mol. The highest BCUT2D eigenvalue weighted by molar-refractivity contribution is 9.10. The molecule has 6 heteroatoms. The number of nitrogen functional groups attached to an aromatic ring is 1. The molecule has 1 fully saturated rings. The van der Waals surface area contributed by atoms with Crippen LogP contribution < -0.4 is 5.73 Å². The van der Waals surface area contributed by atoms with Gasteiger partial charge in [0.05, 0.1) is 11.3 Å². The number of benzene rings is 1. The molecule has 2 rings (SSSR count). The Morgan fingerprint density at radius 3 is 2.54 bits per heavy atom. The van der Waals surface area contributed by atoms with Gasteiger partial charge in [-0.3, -0.25) is 0 Å². The Balaban J connectivity index is 1.96. The highest BCUT2D eigenvalue weighted by atomic mass is 79.9. The van der Waals surface area contributed by atoms with Crippen molar-refractivity contribution >= 4 is 27.7 Å². The number of ether oxygens (including phenoxy) is 1. The van der Waals surface area contributed by atoms with Crippen molar-refractivity contribution in [3.63, 3.8) is 0 Å². The first-order valence-corrected chi connectivity index (χ1v) is 8.69. The van der Waals surface area contributed by atoms with Gasteiger partial charge in [-0.25, -0.2) is 9.18 Å². The van der Waals surface area contributed by atoms with Gasteiger partial charge >= 0.3 is 6.09 Å². The highest BCUT2D eigenvalue weighted by Gasteiger charge is 2.26. The molecule has 24 heavy (non-hydrogen) atoms. The number of amides is 1. The third-order valence-corrected chi connectivity index (χ3v) is 4.09. The van der Waals surface area contributed by atoms with Crippen LogP contribution in [0.4, 0.5) is 14.9 Å². The molecule has 0 unspecified atom stereocenters. The number of anilines is 1. The van der Waals surface area contributed by atoms with Gasteiger partial charge in [-0.15, -0.1) is 0 Å². The maximum Gasteiger partial charge on any atom is 0.410 e. The van der Waals surface area contributed by atoms with E-state index in [1.807, 2.05) is 20.8 Å². The van der Waals surface area contributed by atoms with E-state index in [4.69, 9.17) is 10.5 Å². The average Bonchev–Trinajstić information content (AvgIpc) is 2.45. The Morgan fingerprint density at radius 2 is 2.00 bits per heavy atom. The summed E-state index contributed by atoms with van der Waals surface area (Å²) in [6.07, 6.45) is 1.19. The fourth-order valence-corrected chi connectivity index (χ4v) is 2.88. The lowest BCUT2D eigenvalue weighted by Gasteiger charge is -2.31. The standard InChI is InChI=1S/C18H22BrFN2O2/c1-18(2,3)24-17(23)22-8-6-12(7-9-22)4-5-14-15(20)10-13(19)11-16(14)21/h10-12H,6-9,21H2,1-3H3. The van der Waals surface area contributed by atoms with Crippen LogP contribution in [0.25, 0.3) is 0 Å². The Morgan fingerprint density at radius 1 is 1.38 bits per heavy atom. The number of nitrogens with two attached hydrogens (primary N) is 1. The largest absolute Gasteiger partial charge is 0.444 e. The molecule has 0 atom stereocenters. The summed E-state index contributed by atoms with van der Waals surface area (Å²) in [5, 5.41) is 0. The van der Waals surface area contributed by atoms with E-state index in [1.54, 1.807) is 11.0 Å². The summed E-state index contributed by atoms with van der Waals surface area (Å²) in [6.45, 7) is 6.72. The topological polar surface area (TPSA) is 55.6 Å². The third kappa shape index (κ3) is 5.13. The molecular weight excluding hydrogens is 375 g/mol. The maximum atomic E-state index is 13.9. The number of hydrogen-bond acceptors (Lipinski definition) is 3. The van der Waals surface area contributed by atoms with Gasteiger partial charge in [0.25, 0.3) is 0 Å². The lowest BCUT2D eigenvalue weighted by atomic mass is 9.97. The summed E-state index contributed by atoms with van der Waals surface area (Å²) in [6, 6.07) is 2.99. The maximum absolute atomic E-state index is 13.9. The molecular formula is C18H22BrFN2O2. The van der Waals surface area contributed by atoms with Crippen molar-refractivity contribution in [2.75, 3.05) is 18.8 Å². The molecule has 1 amide bonds. The normalized spacial score (nSPS) is 15.6. The fraction of sp³-hybridized carbons (Fsp3) is 0.500. The second kappa shape index (κ2) is 7.43. The second-order valence-electron chi connectivity index (χ2n) is 6.86. The van der Waals surface area contributed by atoms with E-state index < -0.39 is 11.4 Å². The molecule has 0 aliphatic carbocycles. The van der Waals surface area contributed by atoms with Gasteiger partial charge in [0, 0.05) is 23.5 Å². The predicted octanol–water partition coefficient (Wildman–Crippen LogP) is 4.17. The van der Waals surface area contributed by atoms with Crippen molar-refractivity contribution < 1.29 is 13.9 Å². The molecule has 1 aliphatic heterocycles. The van der Waals surface area contributed by atoms with Crippen molar-refractivity contribution in [3.05, 3.63) is 28.0 Å². The van der Waals surface area contributed by atoms with Crippen molar-refractivity contribution in [3.8, 4) is 11.8 Å². The van der Waals surface area contributed by atoms with Crippen LogP contribution in [0.5, 0.6) is 0 Å². The Kier molecular flexibility index (Phi) is 5.76. The lowest BCUT2D eigenvalue weighted by molar-refractivity contribution is 0.0199. The smallest absolute Gasteiger partial charge is 0.410 e. The van der Waals surface area contributed by atoms with E-state index in [1.165, 1.54) is 6.07 Å². The van der Waals surface area contributed by atoms with E-state index in [9.17, 15) is 9.18 Å². The molecule has 1 heterocycles. The van der Waals surface area contributed by atoms with Crippen molar-refractivity contribution in [2.24, 2.45) is 5.92 Å². The first-order chi connectivity index (χ1) is 11.2. The Hall–Kier alpha value is -1.74. The van der Waals surface area contributed by atoms with Gasteiger partial charge in [-0.05, 0) is 45.7 Å². The first-order valence-electron chi connectivity index (χ1n) is 7.89. The summed E-state index contributed by atoms with van der Waals surface area (Å²) < 4.78 is 19.9. The van der Waals surface area contributed by atoms with Crippen LogP contribution in [0.15, 0.2) is 16.6 Å². The van der Waals surface area contributed by atoms with Crippen LogP contribution in [0.1, 0.15) is 39.2 Å². The van der Waals surface area contributed by atoms with Crippen LogP contribution in [-0.2, 0) is 4.74 Å². The quantitative estimate of drug-likeness (QED) is 0.528. The number of carbonyl (C=O) groups excluding carboxylic acids is 1. The third-order valence-electron chi connectivity index (χ3n) is 3.63. The Bertz CT molecular complexity index is 657. The van der Waals surface area contributed by atoms with Crippen molar-refractivity contribution in [2.45, 2.75) is 39.2 Å². The van der Waals surface area contributed by atoms with Crippen molar-refractivity contribution in [1.82, 2.24) is 4.90 Å². The number of hydrogen-bond donors (Lipinski definition) is 1. The molecule has 0 spiro atoms. The van der Waals surface area contributed by atoms with Gasteiger partial charge in [0.15, 0.2) is 0 Å². The van der Waals surface area contributed by atoms with E-state index >= 15 is 0 Å². The molecule has 1 aliphatic rings. The number of nitrogens with zero attached hydrogens (tertiary/aromatic N) is 1. The fourth-order valence-electron chi connectivity index (χ4n) is 2.43. The van der Waals surface area contributed by atoms with Crippen LogP contribution in [0.3, 0.4) is 0 Å². The summed E-state index contributed by atoms with van der Waals surface area (Å²) in [5.74, 6) is 5.62. The van der Waals surface area contributed by atoms with Gasteiger partial charge in [-0.1, -0.05) is 27.8 Å². The molecule has 0 aromatic heterocycles. The number of carbonyl (C=O) groups is 1. The van der Waals surface area contributed by atoms with Gasteiger partial charge in [0.2, 0.25) is 0 Å². The molecule has 1 saturated heterocycles. The zero-order valence-electron chi connectivity index (χ0n) is 14.2. The van der Waals surface area contributed by atoms with Crippen LogP contribution >= 0.6 is 15.9 Å². The van der Waals surface area contributed by atoms with Crippen molar-refractivity contribution in [1.29, 1.82) is 0 Å². The number of piperidine rings is 1. The predicted molar refractivity (Wildman–Crippen MR) is 95.9 cm³/mol. The van der Waals surface area contributed by atoms with E-state index in [2.05, 4.69) is 27.8 Å². The molecule has 2 N–H and O–H groups in total. The van der Waals surface area contributed by atoms with Gasteiger partial charge < -0.3 is 15.4 Å². The number of likely N-dealkylation sites (tertiary alicyclic amines) is 1. The molecule has 1 aromatic rings. The molecule has 4 nitrogen and oxygen atoms in total. The molecule has 130 valence electrons.